The number of benzene rings is 1. The van der Waals surface area contributed by atoms with Gasteiger partial charge in [-0.05, 0) is 71.4 Å². The smallest absolute Gasteiger partial charge is 0.343 e. The Morgan fingerprint density at radius 3 is 2.37 bits per heavy atom. The number of carbonyl (C=O) groups excluding carboxylic acids is 2. The molecule has 1 amide bonds. The lowest BCUT2D eigenvalue weighted by atomic mass is 9.82. The molecule has 0 atom stereocenters. The monoisotopic (exact) mass is 411 g/mol. The Labute approximate surface area is 179 Å². The number of nitrogens with zero attached hydrogens (tertiary/aromatic N) is 3. The molecule has 162 valence electrons. The lowest BCUT2D eigenvalue weighted by Gasteiger charge is -2.32. The van der Waals surface area contributed by atoms with Crippen molar-refractivity contribution in [2.75, 3.05) is 11.5 Å². The van der Waals surface area contributed by atoms with Crippen molar-refractivity contribution in [3.8, 4) is 5.69 Å². The normalized spacial score (nSPS) is 19.0. The maximum atomic E-state index is 13.5. The summed E-state index contributed by atoms with van der Waals surface area (Å²) in [5, 5.41) is 4.69. The lowest BCUT2D eigenvalue weighted by molar-refractivity contribution is -0.123. The SMILES string of the molecule is CCOC(=O)c1cn(-c2ccc(C)cc2)nc1N(C(=O)C1CCC(C)CC1)C(C)C. The number of esters is 1. The van der Waals surface area contributed by atoms with Gasteiger partial charge < -0.3 is 4.74 Å². The van der Waals surface area contributed by atoms with E-state index in [4.69, 9.17) is 4.74 Å². The van der Waals surface area contributed by atoms with Crippen molar-refractivity contribution in [3.05, 3.63) is 41.6 Å². The average molecular weight is 412 g/mol. The van der Waals surface area contributed by atoms with Gasteiger partial charge in [-0.2, -0.15) is 0 Å². The van der Waals surface area contributed by atoms with Gasteiger partial charge in [0, 0.05) is 18.2 Å². The highest BCUT2D eigenvalue weighted by molar-refractivity contribution is 6.02. The molecule has 2 aromatic rings. The quantitative estimate of drug-likeness (QED) is 0.633. The van der Waals surface area contributed by atoms with Crippen molar-refractivity contribution in [3.63, 3.8) is 0 Å². The molecule has 0 spiro atoms. The highest BCUT2D eigenvalue weighted by Crippen LogP contribution is 2.33. The number of hydrogen-bond donors (Lipinski definition) is 0. The average Bonchev–Trinajstić information content (AvgIpc) is 3.14. The Hall–Kier alpha value is -2.63. The fraction of sp³-hybridized carbons (Fsp3) is 0.542. The first-order chi connectivity index (χ1) is 14.3. The van der Waals surface area contributed by atoms with Crippen LogP contribution in [0.1, 0.15) is 69.3 Å². The van der Waals surface area contributed by atoms with Crippen LogP contribution >= 0.6 is 0 Å². The van der Waals surface area contributed by atoms with Crippen LogP contribution in [0.3, 0.4) is 0 Å². The van der Waals surface area contributed by atoms with Gasteiger partial charge in [0.2, 0.25) is 5.91 Å². The zero-order chi connectivity index (χ0) is 21.8. The number of aromatic nitrogens is 2. The molecule has 1 aliphatic carbocycles. The van der Waals surface area contributed by atoms with Crippen molar-refractivity contribution >= 4 is 17.7 Å². The van der Waals surface area contributed by atoms with Gasteiger partial charge in [0.05, 0.1) is 12.3 Å². The second-order valence-electron chi connectivity index (χ2n) is 8.63. The van der Waals surface area contributed by atoms with E-state index in [2.05, 4.69) is 12.0 Å². The van der Waals surface area contributed by atoms with E-state index >= 15 is 0 Å². The van der Waals surface area contributed by atoms with E-state index in [1.807, 2.05) is 45.0 Å². The van der Waals surface area contributed by atoms with E-state index in [0.717, 1.165) is 36.9 Å². The Kier molecular flexibility index (Phi) is 6.95. The summed E-state index contributed by atoms with van der Waals surface area (Å²) in [6.07, 6.45) is 5.56. The molecule has 0 bridgehead atoms. The molecule has 3 rings (SSSR count). The van der Waals surface area contributed by atoms with Gasteiger partial charge in [0.1, 0.15) is 5.56 Å². The van der Waals surface area contributed by atoms with Crippen molar-refractivity contribution in [1.29, 1.82) is 0 Å². The maximum Gasteiger partial charge on any atom is 0.343 e. The predicted molar refractivity (Wildman–Crippen MR) is 118 cm³/mol. The van der Waals surface area contributed by atoms with E-state index in [1.54, 1.807) is 22.7 Å². The Morgan fingerprint density at radius 1 is 1.17 bits per heavy atom. The number of anilines is 1. The van der Waals surface area contributed by atoms with Crippen LogP contribution in [-0.2, 0) is 9.53 Å². The summed E-state index contributed by atoms with van der Waals surface area (Å²) < 4.78 is 6.94. The third kappa shape index (κ3) is 4.74. The highest BCUT2D eigenvalue weighted by atomic mass is 16.5. The van der Waals surface area contributed by atoms with Crippen molar-refractivity contribution in [1.82, 2.24) is 9.78 Å². The zero-order valence-corrected chi connectivity index (χ0v) is 18.7. The third-order valence-electron chi connectivity index (χ3n) is 5.84. The van der Waals surface area contributed by atoms with Gasteiger partial charge in [-0.15, -0.1) is 5.10 Å². The molecule has 1 aliphatic rings. The molecule has 1 saturated carbocycles. The van der Waals surface area contributed by atoms with Crippen molar-refractivity contribution in [2.45, 2.75) is 66.3 Å². The summed E-state index contributed by atoms with van der Waals surface area (Å²) in [6, 6.07) is 7.77. The number of aryl methyl sites for hydroxylation is 1. The fourth-order valence-electron chi connectivity index (χ4n) is 4.03. The van der Waals surface area contributed by atoms with Crippen LogP contribution in [-0.4, -0.2) is 34.3 Å². The summed E-state index contributed by atoms with van der Waals surface area (Å²) in [5.41, 5.74) is 2.30. The second kappa shape index (κ2) is 9.45. The van der Waals surface area contributed by atoms with Gasteiger partial charge in [-0.3, -0.25) is 9.69 Å². The van der Waals surface area contributed by atoms with E-state index < -0.39 is 5.97 Å². The van der Waals surface area contributed by atoms with Crippen LogP contribution in [0, 0.1) is 18.8 Å². The van der Waals surface area contributed by atoms with Crippen LogP contribution in [0.4, 0.5) is 5.82 Å². The zero-order valence-electron chi connectivity index (χ0n) is 18.7. The number of hydrogen-bond acceptors (Lipinski definition) is 4. The molecule has 0 radical (unpaired) electrons. The predicted octanol–water partition coefficient (Wildman–Crippen LogP) is 4.93. The second-order valence-corrected chi connectivity index (χ2v) is 8.63. The molecule has 1 fully saturated rings. The molecule has 0 N–H and O–H groups in total. The van der Waals surface area contributed by atoms with Gasteiger partial charge in [0.25, 0.3) is 0 Å². The molecule has 6 heteroatoms. The summed E-state index contributed by atoms with van der Waals surface area (Å²) in [7, 11) is 0. The maximum absolute atomic E-state index is 13.5. The van der Waals surface area contributed by atoms with Crippen LogP contribution in [0.25, 0.3) is 5.69 Å². The molecule has 1 heterocycles. The topological polar surface area (TPSA) is 64.4 Å². The van der Waals surface area contributed by atoms with E-state index in [-0.39, 0.29) is 24.5 Å². The van der Waals surface area contributed by atoms with Crippen LogP contribution < -0.4 is 4.90 Å². The highest BCUT2D eigenvalue weighted by Gasteiger charge is 2.34. The number of carbonyl (C=O) groups is 2. The third-order valence-corrected chi connectivity index (χ3v) is 5.84. The fourth-order valence-corrected chi connectivity index (χ4v) is 4.03. The van der Waals surface area contributed by atoms with E-state index in [0.29, 0.717) is 17.3 Å². The van der Waals surface area contributed by atoms with E-state index in [1.165, 1.54) is 0 Å². The minimum atomic E-state index is -0.457. The lowest BCUT2D eigenvalue weighted by Crippen LogP contribution is -2.43. The first-order valence-electron chi connectivity index (χ1n) is 11.0. The molecular weight excluding hydrogens is 378 g/mol. The van der Waals surface area contributed by atoms with Crippen molar-refractivity contribution in [2.24, 2.45) is 11.8 Å². The molecule has 0 saturated heterocycles. The van der Waals surface area contributed by atoms with E-state index in [9.17, 15) is 9.59 Å². The molecular formula is C24H33N3O3. The molecule has 1 aromatic heterocycles. The van der Waals surface area contributed by atoms with Crippen LogP contribution in [0.2, 0.25) is 0 Å². The van der Waals surface area contributed by atoms with Gasteiger partial charge in [-0.1, -0.05) is 24.6 Å². The van der Waals surface area contributed by atoms with Gasteiger partial charge in [0.15, 0.2) is 5.82 Å². The number of amides is 1. The Bertz CT molecular complexity index is 878. The van der Waals surface area contributed by atoms with Crippen LogP contribution in [0.15, 0.2) is 30.5 Å². The molecule has 30 heavy (non-hydrogen) atoms. The summed E-state index contributed by atoms with van der Waals surface area (Å²) in [5.74, 6) is 0.617. The summed E-state index contributed by atoms with van der Waals surface area (Å²) in [6.45, 7) is 10.2. The minimum Gasteiger partial charge on any atom is -0.462 e. The first-order valence-corrected chi connectivity index (χ1v) is 11.0. The Morgan fingerprint density at radius 2 is 1.80 bits per heavy atom. The first kappa shape index (κ1) is 22.1. The van der Waals surface area contributed by atoms with Gasteiger partial charge in [-0.25, -0.2) is 9.48 Å². The number of rotatable bonds is 6. The molecule has 6 nitrogen and oxygen atoms in total. The van der Waals surface area contributed by atoms with Crippen LogP contribution in [0.5, 0.6) is 0 Å². The Balaban J connectivity index is 2.01. The molecule has 0 unspecified atom stereocenters. The summed E-state index contributed by atoms with van der Waals surface area (Å²) >= 11 is 0. The van der Waals surface area contributed by atoms with Crippen molar-refractivity contribution < 1.29 is 14.3 Å². The molecule has 0 aliphatic heterocycles. The van der Waals surface area contributed by atoms with Gasteiger partial charge >= 0.3 is 5.97 Å². The minimum absolute atomic E-state index is 0.0248. The largest absolute Gasteiger partial charge is 0.462 e. The summed E-state index contributed by atoms with van der Waals surface area (Å²) in [4.78, 5) is 27.9. The standard InChI is InChI=1S/C24H33N3O3/c1-6-30-24(29)21-15-26(20-13-9-18(5)10-14-20)25-22(21)27(16(2)3)23(28)19-11-7-17(4)8-12-19/h9-10,13-17,19H,6-8,11-12H2,1-5H3. The number of ether oxygens (including phenoxy) is 1. The molecule has 1 aromatic carbocycles.